The van der Waals surface area contributed by atoms with Crippen molar-refractivity contribution in [2.75, 3.05) is 0 Å². The zero-order valence-corrected chi connectivity index (χ0v) is 11.1. The third kappa shape index (κ3) is 2.11. The highest BCUT2D eigenvalue weighted by atomic mass is 19.1. The zero-order valence-electron chi connectivity index (χ0n) is 11.1. The monoisotopic (exact) mass is 257 g/mol. The molecule has 1 aromatic carbocycles. The van der Waals surface area contributed by atoms with Gasteiger partial charge in [0.25, 0.3) is 0 Å². The Morgan fingerprint density at radius 2 is 1.68 bits per heavy atom. The first-order valence-electron chi connectivity index (χ1n) is 7.56. The molecule has 0 heterocycles. The van der Waals surface area contributed by atoms with Crippen molar-refractivity contribution in [3.8, 4) is 0 Å². The smallest absolute Gasteiger partial charge is 0.123 e. The number of nitrogens with zero attached hydrogens (tertiary/aromatic N) is 1. The Morgan fingerprint density at radius 3 is 2.32 bits per heavy atom. The Hall–Kier alpha value is -1.18. The van der Waals surface area contributed by atoms with E-state index in [2.05, 4.69) is 0 Å². The largest absolute Gasteiger partial charge is 0.289 e. The van der Waals surface area contributed by atoms with E-state index in [4.69, 9.17) is 4.99 Å². The van der Waals surface area contributed by atoms with Gasteiger partial charge in [0.2, 0.25) is 0 Å². The second-order valence-electron chi connectivity index (χ2n) is 6.75. The van der Waals surface area contributed by atoms with Crippen LogP contribution in [0.25, 0.3) is 0 Å². The third-order valence-corrected chi connectivity index (χ3v) is 5.42. The maximum atomic E-state index is 13.2. The topological polar surface area (TPSA) is 12.4 Å². The summed E-state index contributed by atoms with van der Waals surface area (Å²) in [7, 11) is 0. The highest BCUT2D eigenvalue weighted by Gasteiger charge is 2.47. The molecule has 19 heavy (non-hydrogen) atoms. The average molecular weight is 257 g/mol. The summed E-state index contributed by atoms with van der Waals surface area (Å²) in [6.45, 7) is 0. The molecule has 5 rings (SSSR count). The lowest BCUT2D eigenvalue weighted by molar-refractivity contribution is 0.00146. The number of rotatable bonds is 2. The first-order chi connectivity index (χ1) is 9.28. The number of halogens is 1. The standard InChI is InChI=1S/C17H20FN/c18-16-3-1-2-11(9-16)10-19-17-14-5-12-4-13(7-14)8-15(17)6-12/h1-3,9-10,12-15,17H,4-8H2/b19-10+. The summed E-state index contributed by atoms with van der Waals surface area (Å²) in [5.74, 6) is 3.42. The summed E-state index contributed by atoms with van der Waals surface area (Å²) >= 11 is 0. The minimum atomic E-state index is -0.172. The van der Waals surface area contributed by atoms with Crippen LogP contribution in [0.15, 0.2) is 29.3 Å². The quantitative estimate of drug-likeness (QED) is 0.708. The van der Waals surface area contributed by atoms with Crippen molar-refractivity contribution in [2.45, 2.75) is 38.1 Å². The van der Waals surface area contributed by atoms with Crippen LogP contribution in [-0.4, -0.2) is 12.3 Å². The van der Waals surface area contributed by atoms with Crippen molar-refractivity contribution in [3.05, 3.63) is 35.6 Å². The third-order valence-electron chi connectivity index (χ3n) is 5.42. The van der Waals surface area contributed by atoms with Gasteiger partial charge < -0.3 is 0 Å². The Balaban J connectivity index is 1.54. The maximum Gasteiger partial charge on any atom is 0.123 e. The van der Waals surface area contributed by atoms with Crippen molar-refractivity contribution in [2.24, 2.45) is 28.7 Å². The first-order valence-corrected chi connectivity index (χ1v) is 7.56. The van der Waals surface area contributed by atoms with Gasteiger partial charge in [-0.05, 0) is 73.5 Å². The van der Waals surface area contributed by atoms with Crippen LogP contribution in [0.4, 0.5) is 4.39 Å². The van der Waals surface area contributed by atoms with Crippen LogP contribution in [0, 0.1) is 29.5 Å². The fourth-order valence-electron chi connectivity index (χ4n) is 4.90. The summed E-state index contributed by atoms with van der Waals surface area (Å²) in [6.07, 6.45) is 8.93. The summed E-state index contributed by atoms with van der Waals surface area (Å²) in [5.41, 5.74) is 0.897. The molecule has 4 aliphatic rings. The van der Waals surface area contributed by atoms with Gasteiger partial charge in [0, 0.05) is 6.21 Å². The molecule has 0 amide bonds. The molecule has 0 radical (unpaired) electrons. The summed E-state index contributed by atoms with van der Waals surface area (Å²) in [4.78, 5) is 4.84. The molecule has 2 heteroatoms. The summed E-state index contributed by atoms with van der Waals surface area (Å²) < 4.78 is 13.2. The van der Waals surface area contributed by atoms with E-state index >= 15 is 0 Å². The second-order valence-corrected chi connectivity index (χ2v) is 6.75. The van der Waals surface area contributed by atoms with E-state index in [0.717, 1.165) is 29.2 Å². The predicted octanol–water partition coefficient (Wildman–Crippen LogP) is 4.07. The minimum absolute atomic E-state index is 0.172. The molecule has 1 nitrogen and oxygen atoms in total. The molecule has 0 aromatic heterocycles. The van der Waals surface area contributed by atoms with Crippen LogP contribution in [0.1, 0.15) is 37.7 Å². The van der Waals surface area contributed by atoms with E-state index < -0.39 is 0 Å². The SMILES string of the molecule is Fc1cccc(/C=N/C2C3CC4CC(C3)CC2C4)c1. The van der Waals surface area contributed by atoms with Crippen LogP contribution in [0.3, 0.4) is 0 Å². The van der Waals surface area contributed by atoms with Crippen LogP contribution in [0.2, 0.25) is 0 Å². The lowest BCUT2D eigenvalue weighted by atomic mass is 9.54. The highest BCUT2D eigenvalue weighted by Crippen LogP contribution is 2.54. The molecule has 4 fully saturated rings. The Kier molecular flexibility index (Phi) is 2.71. The number of aliphatic imine (C=N–C) groups is 1. The van der Waals surface area contributed by atoms with Crippen molar-refractivity contribution >= 4 is 6.21 Å². The Morgan fingerprint density at radius 1 is 1.00 bits per heavy atom. The van der Waals surface area contributed by atoms with E-state index in [1.54, 1.807) is 12.1 Å². The molecule has 100 valence electrons. The molecule has 1 aromatic rings. The number of benzene rings is 1. The molecule has 0 unspecified atom stereocenters. The Bertz CT molecular complexity index is 480. The molecular weight excluding hydrogens is 237 g/mol. The van der Waals surface area contributed by atoms with E-state index in [1.165, 1.54) is 38.2 Å². The van der Waals surface area contributed by atoms with Crippen molar-refractivity contribution in [1.29, 1.82) is 0 Å². The van der Waals surface area contributed by atoms with Gasteiger partial charge in [-0.3, -0.25) is 4.99 Å². The van der Waals surface area contributed by atoms with Crippen LogP contribution >= 0.6 is 0 Å². The van der Waals surface area contributed by atoms with Crippen molar-refractivity contribution in [1.82, 2.24) is 0 Å². The van der Waals surface area contributed by atoms with Gasteiger partial charge in [-0.15, -0.1) is 0 Å². The van der Waals surface area contributed by atoms with Crippen molar-refractivity contribution < 1.29 is 4.39 Å². The molecule has 0 spiro atoms. The van der Waals surface area contributed by atoms with Crippen LogP contribution < -0.4 is 0 Å². The second kappa shape index (κ2) is 4.43. The number of hydrogen-bond donors (Lipinski definition) is 0. The fraction of sp³-hybridized carbons (Fsp3) is 0.588. The van der Waals surface area contributed by atoms with Gasteiger partial charge in [0.1, 0.15) is 5.82 Å². The summed E-state index contributed by atoms with van der Waals surface area (Å²) in [5, 5.41) is 0. The van der Waals surface area contributed by atoms with Crippen LogP contribution in [-0.2, 0) is 0 Å². The Labute approximate surface area is 113 Å². The van der Waals surface area contributed by atoms with E-state index in [9.17, 15) is 4.39 Å². The van der Waals surface area contributed by atoms with E-state index in [-0.39, 0.29) is 5.82 Å². The van der Waals surface area contributed by atoms with Crippen LogP contribution in [0.5, 0.6) is 0 Å². The number of hydrogen-bond acceptors (Lipinski definition) is 1. The van der Waals surface area contributed by atoms with Crippen molar-refractivity contribution in [3.63, 3.8) is 0 Å². The molecule has 0 N–H and O–H groups in total. The lowest BCUT2D eigenvalue weighted by Crippen LogP contribution is -2.47. The van der Waals surface area contributed by atoms with Gasteiger partial charge in [0.05, 0.1) is 6.04 Å². The molecule has 0 aliphatic heterocycles. The highest BCUT2D eigenvalue weighted by molar-refractivity contribution is 5.79. The predicted molar refractivity (Wildman–Crippen MR) is 74.8 cm³/mol. The molecular formula is C17H20FN. The van der Waals surface area contributed by atoms with E-state index in [1.807, 2.05) is 12.3 Å². The van der Waals surface area contributed by atoms with E-state index in [0.29, 0.717) is 6.04 Å². The maximum absolute atomic E-state index is 13.2. The van der Waals surface area contributed by atoms with Gasteiger partial charge >= 0.3 is 0 Å². The lowest BCUT2D eigenvalue weighted by Gasteiger charge is -2.53. The molecule has 0 atom stereocenters. The molecule has 4 aliphatic carbocycles. The summed E-state index contributed by atoms with van der Waals surface area (Å²) in [6, 6.07) is 7.26. The molecule has 0 saturated heterocycles. The van der Waals surface area contributed by atoms with Gasteiger partial charge in [0.15, 0.2) is 0 Å². The zero-order chi connectivity index (χ0) is 12.8. The fourth-order valence-corrected chi connectivity index (χ4v) is 4.90. The molecule has 4 saturated carbocycles. The van der Waals surface area contributed by atoms with Gasteiger partial charge in [-0.1, -0.05) is 12.1 Å². The minimum Gasteiger partial charge on any atom is -0.289 e. The first kappa shape index (κ1) is 11.6. The average Bonchev–Trinajstić information content (AvgIpc) is 2.37. The molecule has 4 bridgehead atoms. The van der Waals surface area contributed by atoms with Gasteiger partial charge in [-0.25, -0.2) is 4.39 Å². The normalized spacial score (nSPS) is 40.2. The van der Waals surface area contributed by atoms with Gasteiger partial charge in [-0.2, -0.15) is 0 Å².